The van der Waals surface area contributed by atoms with Gasteiger partial charge >= 0.3 is 0 Å². The molecule has 1 atom stereocenters. The second-order valence-corrected chi connectivity index (χ2v) is 12.4. The molecule has 5 rings (SSSR count). The largest absolute Gasteiger partial charge is 0.325 e. The standard InChI is InChI=1S/C40H37N3O3S/c1-4-37(40(46)42-34-23-18-27(2)28(3)24-34)47-35-17-11-16-33(26-35)41-39(45)36(43-38(44)32-14-9-6-10-15-32)25-29-19-21-31(22-20-29)30-12-7-5-8-13-30/h5-26,37H,4H2,1-3H3,(H,41,45)(H,42,46)(H,43,44)/b36-25+. The number of anilines is 2. The minimum absolute atomic E-state index is 0.0812. The molecule has 47 heavy (non-hydrogen) atoms. The fourth-order valence-corrected chi connectivity index (χ4v) is 5.90. The van der Waals surface area contributed by atoms with Gasteiger partial charge in [0, 0.05) is 21.8 Å². The summed E-state index contributed by atoms with van der Waals surface area (Å²) in [5.74, 6) is -0.941. The molecule has 7 heteroatoms. The number of thioether (sulfide) groups is 1. The van der Waals surface area contributed by atoms with E-state index in [9.17, 15) is 14.4 Å². The first-order valence-corrected chi connectivity index (χ1v) is 16.4. The van der Waals surface area contributed by atoms with E-state index in [2.05, 4.69) is 16.0 Å². The highest BCUT2D eigenvalue weighted by molar-refractivity contribution is 8.00. The maximum absolute atomic E-state index is 13.7. The lowest BCUT2D eigenvalue weighted by Crippen LogP contribution is -2.30. The summed E-state index contributed by atoms with van der Waals surface area (Å²) in [4.78, 5) is 40.7. The first-order valence-electron chi connectivity index (χ1n) is 15.5. The summed E-state index contributed by atoms with van der Waals surface area (Å²) in [6.45, 7) is 6.03. The highest BCUT2D eigenvalue weighted by atomic mass is 32.2. The van der Waals surface area contributed by atoms with Crippen LogP contribution in [-0.2, 0) is 9.59 Å². The number of aryl methyl sites for hydroxylation is 2. The summed E-state index contributed by atoms with van der Waals surface area (Å²) in [7, 11) is 0. The Morgan fingerprint density at radius 3 is 2.02 bits per heavy atom. The second kappa shape index (κ2) is 15.7. The third kappa shape index (κ3) is 9.08. The van der Waals surface area contributed by atoms with Gasteiger partial charge in [0.05, 0.1) is 5.25 Å². The Hall–Kier alpha value is -5.40. The summed E-state index contributed by atoms with van der Waals surface area (Å²) in [5.41, 5.74) is 7.03. The third-order valence-electron chi connectivity index (χ3n) is 7.67. The van der Waals surface area contributed by atoms with Crippen molar-refractivity contribution in [3.05, 3.63) is 155 Å². The lowest BCUT2D eigenvalue weighted by atomic mass is 10.0. The topological polar surface area (TPSA) is 87.3 Å². The minimum Gasteiger partial charge on any atom is -0.325 e. The van der Waals surface area contributed by atoms with Gasteiger partial charge in [-0.1, -0.05) is 91.9 Å². The maximum Gasteiger partial charge on any atom is 0.272 e. The van der Waals surface area contributed by atoms with E-state index in [0.717, 1.165) is 32.8 Å². The number of carbonyl (C=O) groups excluding carboxylic acids is 3. The van der Waals surface area contributed by atoms with E-state index in [0.29, 0.717) is 17.7 Å². The summed E-state index contributed by atoms with van der Waals surface area (Å²) in [5, 5.41) is 8.44. The average molecular weight is 640 g/mol. The molecule has 0 heterocycles. The summed E-state index contributed by atoms with van der Waals surface area (Å²) >= 11 is 1.44. The van der Waals surface area contributed by atoms with Gasteiger partial charge in [0.2, 0.25) is 5.91 Å². The van der Waals surface area contributed by atoms with Crippen molar-refractivity contribution in [3.8, 4) is 11.1 Å². The lowest BCUT2D eigenvalue weighted by molar-refractivity contribution is -0.116. The average Bonchev–Trinajstić information content (AvgIpc) is 3.09. The monoisotopic (exact) mass is 639 g/mol. The van der Waals surface area contributed by atoms with Crippen LogP contribution in [0.15, 0.2) is 138 Å². The van der Waals surface area contributed by atoms with E-state index >= 15 is 0 Å². The Morgan fingerprint density at radius 1 is 0.681 bits per heavy atom. The Labute approximate surface area is 280 Å². The van der Waals surface area contributed by atoms with Crippen LogP contribution < -0.4 is 16.0 Å². The van der Waals surface area contributed by atoms with Crippen molar-refractivity contribution in [2.75, 3.05) is 10.6 Å². The van der Waals surface area contributed by atoms with Crippen LogP contribution in [0.3, 0.4) is 0 Å². The van der Waals surface area contributed by atoms with Gasteiger partial charge in [0.1, 0.15) is 5.70 Å². The first kappa shape index (κ1) is 33.0. The first-order chi connectivity index (χ1) is 22.8. The fourth-order valence-electron chi connectivity index (χ4n) is 4.89. The number of nitrogens with one attached hydrogen (secondary N) is 3. The zero-order valence-electron chi connectivity index (χ0n) is 26.6. The van der Waals surface area contributed by atoms with Gasteiger partial charge in [-0.05, 0) is 96.6 Å². The van der Waals surface area contributed by atoms with Gasteiger partial charge in [-0.3, -0.25) is 14.4 Å². The Bertz CT molecular complexity index is 1890. The van der Waals surface area contributed by atoms with E-state index in [1.54, 1.807) is 36.4 Å². The molecular weight excluding hydrogens is 603 g/mol. The lowest BCUT2D eigenvalue weighted by Gasteiger charge is -2.16. The number of benzene rings is 5. The van der Waals surface area contributed by atoms with Crippen LogP contribution >= 0.6 is 11.8 Å². The van der Waals surface area contributed by atoms with Gasteiger partial charge in [-0.25, -0.2) is 0 Å². The normalized spacial score (nSPS) is 11.8. The molecule has 5 aromatic carbocycles. The van der Waals surface area contributed by atoms with E-state index in [-0.39, 0.29) is 16.9 Å². The predicted octanol–water partition coefficient (Wildman–Crippen LogP) is 8.89. The molecule has 0 saturated heterocycles. The molecule has 0 aliphatic heterocycles. The summed E-state index contributed by atoms with van der Waals surface area (Å²) < 4.78 is 0. The van der Waals surface area contributed by atoms with Crippen LogP contribution in [-0.4, -0.2) is 23.0 Å². The van der Waals surface area contributed by atoms with Crippen molar-refractivity contribution in [3.63, 3.8) is 0 Å². The molecule has 6 nitrogen and oxygen atoms in total. The molecule has 5 aromatic rings. The van der Waals surface area contributed by atoms with Crippen LogP contribution in [0.1, 0.15) is 40.4 Å². The van der Waals surface area contributed by atoms with Crippen LogP contribution in [0, 0.1) is 13.8 Å². The van der Waals surface area contributed by atoms with Crippen molar-refractivity contribution in [2.24, 2.45) is 0 Å². The number of hydrogen-bond acceptors (Lipinski definition) is 4. The molecule has 0 spiro atoms. The van der Waals surface area contributed by atoms with E-state index < -0.39 is 11.8 Å². The molecule has 3 N–H and O–H groups in total. The molecule has 0 fully saturated rings. The maximum atomic E-state index is 13.7. The molecule has 236 valence electrons. The smallest absolute Gasteiger partial charge is 0.272 e. The highest BCUT2D eigenvalue weighted by Crippen LogP contribution is 2.29. The molecule has 3 amide bonds. The molecule has 0 bridgehead atoms. The fraction of sp³-hybridized carbons (Fsp3) is 0.125. The second-order valence-electron chi connectivity index (χ2n) is 11.2. The van der Waals surface area contributed by atoms with Crippen molar-refractivity contribution < 1.29 is 14.4 Å². The van der Waals surface area contributed by atoms with Crippen molar-refractivity contribution in [2.45, 2.75) is 37.3 Å². The van der Waals surface area contributed by atoms with Gasteiger partial charge in [-0.15, -0.1) is 11.8 Å². The Morgan fingerprint density at radius 2 is 1.34 bits per heavy atom. The van der Waals surface area contributed by atoms with Gasteiger partial charge < -0.3 is 16.0 Å². The van der Waals surface area contributed by atoms with Crippen LogP contribution in [0.5, 0.6) is 0 Å². The number of rotatable bonds is 11. The van der Waals surface area contributed by atoms with Crippen LogP contribution in [0.2, 0.25) is 0 Å². The molecule has 0 aliphatic rings. The Kier molecular flexibility index (Phi) is 11.0. The van der Waals surface area contributed by atoms with Crippen molar-refractivity contribution in [1.29, 1.82) is 0 Å². The van der Waals surface area contributed by atoms with Gasteiger partial charge in [-0.2, -0.15) is 0 Å². The van der Waals surface area contributed by atoms with Crippen molar-refractivity contribution in [1.82, 2.24) is 5.32 Å². The van der Waals surface area contributed by atoms with Gasteiger partial charge in [0.15, 0.2) is 0 Å². The number of amides is 3. The zero-order valence-corrected chi connectivity index (χ0v) is 27.4. The Balaban J connectivity index is 1.33. The number of carbonyl (C=O) groups is 3. The highest BCUT2D eigenvalue weighted by Gasteiger charge is 2.20. The van der Waals surface area contributed by atoms with Crippen LogP contribution in [0.4, 0.5) is 11.4 Å². The van der Waals surface area contributed by atoms with E-state index in [1.807, 2.05) is 118 Å². The SMILES string of the molecule is CCC(Sc1cccc(NC(=O)/C(=C\c2ccc(-c3ccccc3)cc2)NC(=O)c2ccccc2)c1)C(=O)Nc1ccc(C)c(C)c1. The molecule has 0 saturated carbocycles. The zero-order chi connectivity index (χ0) is 33.2. The minimum atomic E-state index is -0.469. The molecular formula is C40H37N3O3S. The van der Waals surface area contributed by atoms with Crippen molar-refractivity contribution >= 4 is 46.9 Å². The van der Waals surface area contributed by atoms with Crippen LogP contribution in [0.25, 0.3) is 17.2 Å². The molecule has 0 radical (unpaired) electrons. The summed E-state index contributed by atoms with van der Waals surface area (Å²) in [6, 6.07) is 39.8. The molecule has 0 aliphatic carbocycles. The number of hydrogen-bond donors (Lipinski definition) is 3. The van der Waals surface area contributed by atoms with Gasteiger partial charge in [0.25, 0.3) is 11.8 Å². The third-order valence-corrected chi connectivity index (χ3v) is 9.02. The molecule has 0 aromatic heterocycles. The predicted molar refractivity (Wildman–Crippen MR) is 193 cm³/mol. The quantitative estimate of drug-likeness (QED) is 0.0995. The van der Waals surface area contributed by atoms with E-state index in [1.165, 1.54) is 17.3 Å². The molecule has 1 unspecified atom stereocenters. The van der Waals surface area contributed by atoms with E-state index in [4.69, 9.17) is 0 Å². The summed E-state index contributed by atoms with van der Waals surface area (Å²) in [6.07, 6.45) is 2.28.